The van der Waals surface area contributed by atoms with Gasteiger partial charge in [-0.1, -0.05) is 12.2 Å². The number of carboxylic acids is 1. The predicted molar refractivity (Wildman–Crippen MR) is 87.9 cm³/mol. The van der Waals surface area contributed by atoms with Gasteiger partial charge in [-0.05, 0) is 25.3 Å². The number of nitrogens with one attached hydrogen (secondary N) is 1. The van der Waals surface area contributed by atoms with Crippen LogP contribution in [-0.2, 0) is 14.3 Å². The Hall–Kier alpha value is -2.68. The van der Waals surface area contributed by atoms with Crippen LogP contribution in [0.2, 0.25) is 0 Å². The Bertz CT molecular complexity index is 767. The molecule has 0 saturated heterocycles. The highest BCUT2D eigenvalue weighted by atomic mass is 32.1. The van der Waals surface area contributed by atoms with E-state index in [0.29, 0.717) is 5.56 Å². The van der Waals surface area contributed by atoms with Crippen LogP contribution in [-0.4, -0.2) is 30.9 Å². The third-order valence-corrected chi connectivity index (χ3v) is 5.29. The number of anilines is 1. The lowest BCUT2D eigenvalue weighted by molar-refractivity contribution is -0.313. The Labute approximate surface area is 147 Å². The van der Waals surface area contributed by atoms with Crippen LogP contribution in [0.15, 0.2) is 12.2 Å². The first kappa shape index (κ1) is 18.7. The van der Waals surface area contributed by atoms with E-state index in [1.807, 2.05) is 0 Å². The third-order valence-electron chi connectivity index (χ3n) is 4.07. The molecule has 0 aliphatic heterocycles. The smallest absolute Gasteiger partial charge is 0.341 e. The lowest BCUT2D eigenvalue weighted by Gasteiger charge is -2.28. The van der Waals surface area contributed by atoms with Gasteiger partial charge in [-0.25, -0.2) is 4.79 Å². The zero-order valence-electron chi connectivity index (χ0n) is 13.7. The SMILES string of the molecule is COC(=O)c1c(NC(=O)[C@@H]2CC=CC[C@@H]2C(=O)[O-])sc(C(N)=O)c1C. The average Bonchev–Trinajstić information content (AvgIpc) is 2.90. The molecule has 1 aromatic rings. The molecule has 1 aromatic heterocycles. The second-order valence-corrected chi connectivity index (χ2v) is 6.60. The Morgan fingerprint density at radius 2 is 1.84 bits per heavy atom. The molecule has 8 nitrogen and oxygen atoms in total. The molecule has 0 unspecified atom stereocenters. The lowest BCUT2D eigenvalue weighted by atomic mass is 9.82. The molecule has 0 saturated carbocycles. The van der Waals surface area contributed by atoms with Crippen molar-refractivity contribution in [3.8, 4) is 0 Å². The van der Waals surface area contributed by atoms with Gasteiger partial charge in [0.2, 0.25) is 5.91 Å². The van der Waals surface area contributed by atoms with Gasteiger partial charge in [0, 0.05) is 11.9 Å². The Balaban J connectivity index is 2.35. The maximum absolute atomic E-state index is 12.5. The number of esters is 1. The Morgan fingerprint density at radius 3 is 2.36 bits per heavy atom. The summed E-state index contributed by atoms with van der Waals surface area (Å²) in [7, 11) is 1.17. The Morgan fingerprint density at radius 1 is 1.24 bits per heavy atom. The first-order valence-electron chi connectivity index (χ1n) is 7.46. The van der Waals surface area contributed by atoms with Gasteiger partial charge < -0.3 is 25.7 Å². The molecule has 1 heterocycles. The number of primary amides is 1. The highest BCUT2D eigenvalue weighted by Crippen LogP contribution is 2.35. The second kappa shape index (κ2) is 7.47. The first-order valence-corrected chi connectivity index (χ1v) is 8.27. The molecular formula is C16H17N2O6S-. The molecule has 0 radical (unpaired) electrons. The number of carbonyl (C=O) groups excluding carboxylic acids is 4. The summed E-state index contributed by atoms with van der Waals surface area (Å²) in [4.78, 5) is 47.4. The number of carboxylic acid groups (broad SMARTS) is 1. The Kier molecular flexibility index (Phi) is 5.58. The number of nitrogens with two attached hydrogens (primary N) is 1. The first-order chi connectivity index (χ1) is 11.8. The zero-order chi connectivity index (χ0) is 18.7. The van der Waals surface area contributed by atoms with Crippen LogP contribution >= 0.6 is 11.3 Å². The number of rotatable bonds is 5. The predicted octanol–water partition coefficient (Wildman–Crippen LogP) is 0.213. The standard InChI is InChI=1S/C16H18N2O6S/c1-7-10(16(23)24-2)14(25-11(7)12(17)19)18-13(20)8-5-3-4-6-9(8)15(21)22/h3-4,8-9H,5-6H2,1-2H3,(H2,17,19)(H,18,20)(H,21,22)/p-1/t8-,9+/m1/s1. The summed E-state index contributed by atoms with van der Waals surface area (Å²) in [5, 5.41) is 13.9. The molecule has 2 rings (SSSR count). The largest absolute Gasteiger partial charge is 0.550 e. The molecule has 3 N–H and O–H groups in total. The van der Waals surface area contributed by atoms with E-state index >= 15 is 0 Å². The van der Waals surface area contributed by atoms with Crippen LogP contribution < -0.4 is 16.2 Å². The minimum absolute atomic E-state index is 0.0333. The molecule has 9 heteroatoms. The molecular weight excluding hydrogens is 348 g/mol. The van der Waals surface area contributed by atoms with Gasteiger partial charge in [0.25, 0.3) is 5.91 Å². The molecule has 1 aliphatic carbocycles. The molecule has 0 bridgehead atoms. The molecule has 2 amide bonds. The van der Waals surface area contributed by atoms with E-state index in [0.717, 1.165) is 11.3 Å². The van der Waals surface area contributed by atoms with Crippen molar-refractivity contribution in [3.63, 3.8) is 0 Å². The highest BCUT2D eigenvalue weighted by Gasteiger charge is 2.32. The molecule has 0 fully saturated rings. The molecule has 0 aromatic carbocycles. The summed E-state index contributed by atoms with van der Waals surface area (Å²) < 4.78 is 4.69. The second-order valence-electron chi connectivity index (χ2n) is 5.58. The topological polar surface area (TPSA) is 139 Å². The number of amides is 2. The zero-order valence-corrected chi connectivity index (χ0v) is 14.5. The average molecular weight is 365 g/mol. The minimum atomic E-state index is -1.31. The summed E-state index contributed by atoms with van der Waals surface area (Å²) in [5.74, 6) is -5.13. The summed E-state index contributed by atoms with van der Waals surface area (Å²) >= 11 is 0.851. The van der Waals surface area contributed by atoms with Crippen LogP contribution in [0.1, 0.15) is 38.4 Å². The van der Waals surface area contributed by atoms with Crippen molar-refractivity contribution in [1.82, 2.24) is 0 Å². The number of hydrogen-bond donors (Lipinski definition) is 2. The van der Waals surface area contributed by atoms with Crippen LogP contribution in [0.4, 0.5) is 5.00 Å². The molecule has 25 heavy (non-hydrogen) atoms. The van der Waals surface area contributed by atoms with E-state index in [2.05, 4.69) is 10.1 Å². The number of carbonyl (C=O) groups is 4. The quantitative estimate of drug-likeness (QED) is 0.565. The molecule has 2 atom stereocenters. The van der Waals surface area contributed by atoms with Crippen molar-refractivity contribution in [2.45, 2.75) is 19.8 Å². The van der Waals surface area contributed by atoms with E-state index < -0.39 is 35.6 Å². The number of hydrogen-bond acceptors (Lipinski definition) is 7. The van der Waals surface area contributed by atoms with Gasteiger partial charge in [-0.15, -0.1) is 11.3 Å². The van der Waals surface area contributed by atoms with Crippen LogP contribution in [0.25, 0.3) is 0 Å². The van der Waals surface area contributed by atoms with Gasteiger partial charge >= 0.3 is 5.97 Å². The van der Waals surface area contributed by atoms with E-state index in [4.69, 9.17) is 5.73 Å². The van der Waals surface area contributed by atoms with E-state index in [1.165, 1.54) is 14.0 Å². The monoisotopic (exact) mass is 365 g/mol. The summed E-state index contributed by atoms with van der Waals surface area (Å²) in [5.41, 5.74) is 5.62. The number of thiophene rings is 1. The number of allylic oxidation sites excluding steroid dienone is 2. The summed E-state index contributed by atoms with van der Waals surface area (Å²) in [6.07, 6.45) is 3.84. The molecule has 0 spiro atoms. The summed E-state index contributed by atoms with van der Waals surface area (Å²) in [6, 6.07) is 0. The van der Waals surface area contributed by atoms with E-state index in [1.54, 1.807) is 12.2 Å². The van der Waals surface area contributed by atoms with Crippen molar-refractivity contribution in [1.29, 1.82) is 0 Å². The molecule has 1 aliphatic rings. The number of methoxy groups -OCH3 is 1. The summed E-state index contributed by atoms with van der Waals surface area (Å²) in [6.45, 7) is 1.52. The number of aliphatic carboxylic acids is 1. The van der Waals surface area contributed by atoms with Crippen molar-refractivity contribution in [3.05, 3.63) is 28.2 Å². The van der Waals surface area contributed by atoms with Crippen LogP contribution in [0, 0.1) is 18.8 Å². The third kappa shape index (κ3) is 3.71. The fourth-order valence-corrected chi connectivity index (χ4v) is 3.80. The maximum atomic E-state index is 12.5. The normalized spacial score (nSPS) is 19.3. The molecule has 134 valence electrons. The van der Waals surface area contributed by atoms with Gasteiger partial charge in [-0.3, -0.25) is 9.59 Å². The van der Waals surface area contributed by atoms with Gasteiger partial charge in [-0.2, -0.15) is 0 Å². The van der Waals surface area contributed by atoms with Crippen molar-refractivity contribution < 1.29 is 29.0 Å². The maximum Gasteiger partial charge on any atom is 0.341 e. The van der Waals surface area contributed by atoms with Crippen molar-refractivity contribution in [2.75, 3.05) is 12.4 Å². The minimum Gasteiger partial charge on any atom is -0.550 e. The fraction of sp³-hybridized carbons (Fsp3) is 0.375. The van der Waals surface area contributed by atoms with Crippen LogP contribution in [0.3, 0.4) is 0 Å². The van der Waals surface area contributed by atoms with Gasteiger partial charge in [0.15, 0.2) is 0 Å². The lowest BCUT2D eigenvalue weighted by Crippen LogP contribution is -2.41. The highest BCUT2D eigenvalue weighted by molar-refractivity contribution is 7.18. The van der Waals surface area contributed by atoms with E-state index in [-0.39, 0.29) is 28.3 Å². The van der Waals surface area contributed by atoms with Gasteiger partial charge in [0.1, 0.15) is 5.00 Å². The van der Waals surface area contributed by atoms with Crippen molar-refractivity contribution >= 4 is 40.1 Å². The van der Waals surface area contributed by atoms with Crippen LogP contribution in [0.5, 0.6) is 0 Å². The van der Waals surface area contributed by atoms with E-state index in [9.17, 15) is 24.3 Å². The number of ether oxygens (including phenoxy) is 1. The fourth-order valence-electron chi connectivity index (χ4n) is 2.75. The van der Waals surface area contributed by atoms with Crippen molar-refractivity contribution in [2.24, 2.45) is 17.6 Å². The van der Waals surface area contributed by atoms with Gasteiger partial charge in [0.05, 0.1) is 23.5 Å².